The van der Waals surface area contributed by atoms with E-state index in [1.54, 1.807) is 24.3 Å². The average Bonchev–Trinajstić information content (AvgIpc) is 2.66. The molecule has 28 heavy (non-hydrogen) atoms. The molecular weight excluding hydrogens is 378 g/mol. The van der Waals surface area contributed by atoms with Crippen molar-refractivity contribution in [1.82, 2.24) is 5.43 Å². The molecule has 0 radical (unpaired) electrons. The van der Waals surface area contributed by atoms with Crippen LogP contribution in [0, 0.1) is 5.92 Å². The molecule has 0 saturated heterocycles. The van der Waals surface area contributed by atoms with Crippen LogP contribution in [0.15, 0.2) is 53.6 Å². The van der Waals surface area contributed by atoms with E-state index in [4.69, 9.17) is 4.74 Å². The van der Waals surface area contributed by atoms with Gasteiger partial charge in [-0.1, -0.05) is 13.8 Å². The second-order valence-corrected chi connectivity index (χ2v) is 8.76. The van der Waals surface area contributed by atoms with E-state index in [9.17, 15) is 13.2 Å². The van der Waals surface area contributed by atoms with Crippen LogP contribution in [0.1, 0.15) is 29.8 Å². The molecule has 0 fully saturated rings. The number of hydrazone groups is 1. The van der Waals surface area contributed by atoms with E-state index in [0.717, 1.165) is 21.9 Å². The Kier molecular flexibility index (Phi) is 7.17. The second kappa shape index (κ2) is 9.36. The van der Waals surface area contributed by atoms with Gasteiger partial charge in [0.25, 0.3) is 5.91 Å². The first-order valence-corrected chi connectivity index (χ1v) is 10.6. The topological polar surface area (TPSA) is 88.1 Å². The minimum Gasteiger partial charge on any atom is -0.493 e. The Morgan fingerprint density at radius 2 is 1.75 bits per heavy atom. The van der Waals surface area contributed by atoms with Gasteiger partial charge in [0.05, 0.1) is 24.8 Å². The first kappa shape index (κ1) is 21.4. The summed E-state index contributed by atoms with van der Waals surface area (Å²) in [6.45, 7) is 4.82. The van der Waals surface area contributed by atoms with Crippen LogP contribution in [0.4, 0.5) is 5.69 Å². The van der Waals surface area contributed by atoms with Gasteiger partial charge in [-0.3, -0.25) is 9.10 Å². The van der Waals surface area contributed by atoms with Gasteiger partial charge in [-0.2, -0.15) is 5.10 Å². The lowest BCUT2D eigenvalue weighted by Gasteiger charge is -2.16. The highest BCUT2D eigenvalue weighted by Gasteiger charge is 2.12. The third-order valence-corrected chi connectivity index (χ3v) is 5.04. The Morgan fingerprint density at radius 1 is 1.14 bits per heavy atom. The summed E-state index contributed by atoms with van der Waals surface area (Å²) in [5, 5.41) is 3.95. The van der Waals surface area contributed by atoms with Gasteiger partial charge >= 0.3 is 0 Å². The van der Waals surface area contributed by atoms with Crippen molar-refractivity contribution in [2.45, 2.75) is 13.8 Å². The normalized spacial score (nSPS) is 11.6. The molecule has 0 atom stereocenters. The van der Waals surface area contributed by atoms with E-state index in [1.165, 1.54) is 13.3 Å². The van der Waals surface area contributed by atoms with E-state index in [1.807, 2.05) is 24.3 Å². The van der Waals surface area contributed by atoms with Crippen LogP contribution in [0.3, 0.4) is 0 Å². The lowest BCUT2D eigenvalue weighted by atomic mass is 10.2. The third kappa shape index (κ3) is 6.38. The summed E-state index contributed by atoms with van der Waals surface area (Å²) in [5.41, 5.74) is 4.12. The lowest BCUT2D eigenvalue weighted by Crippen LogP contribution is -2.25. The number of sulfonamides is 1. The van der Waals surface area contributed by atoms with Crippen LogP contribution in [0.5, 0.6) is 5.75 Å². The molecule has 0 unspecified atom stereocenters. The summed E-state index contributed by atoms with van der Waals surface area (Å²) in [6, 6.07) is 13.6. The van der Waals surface area contributed by atoms with Crippen LogP contribution in [0.2, 0.25) is 0 Å². The van der Waals surface area contributed by atoms with E-state index < -0.39 is 10.0 Å². The first-order valence-electron chi connectivity index (χ1n) is 8.77. The number of rotatable bonds is 8. The molecule has 0 aliphatic heterocycles. The largest absolute Gasteiger partial charge is 0.493 e. The predicted molar refractivity (Wildman–Crippen MR) is 112 cm³/mol. The minimum absolute atomic E-state index is 0.375. The van der Waals surface area contributed by atoms with Crippen LogP contribution in [-0.2, 0) is 10.0 Å². The number of nitrogens with zero attached hydrogens (tertiary/aromatic N) is 2. The van der Waals surface area contributed by atoms with Gasteiger partial charge in [-0.15, -0.1) is 0 Å². The van der Waals surface area contributed by atoms with Crippen molar-refractivity contribution in [3.63, 3.8) is 0 Å². The molecule has 0 heterocycles. The van der Waals surface area contributed by atoms with Crippen molar-refractivity contribution < 1.29 is 17.9 Å². The number of benzene rings is 2. The molecule has 0 bridgehead atoms. The molecule has 1 amide bonds. The zero-order valence-electron chi connectivity index (χ0n) is 16.4. The second-order valence-electron chi connectivity index (χ2n) is 6.75. The Balaban J connectivity index is 1.92. The summed E-state index contributed by atoms with van der Waals surface area (Å²) >= 11 is 0. The molecule has 8 heteroatoms. The number of carbonyl (C=O) groups is 1. The number of amides is 1. The number of ether oxygens (including phenoxy) is 1. The van der Waals surface area contributed by atoms with Gasteiger partial charge in [-0.05, 0) is 60.0 Å². The predicted octanol–water partition coefficient (Wildman–Crippen LogP) is 2.88. The fraction of sp³-hybridized carbons (Fsp3) is 0.300. The molecule has 2 aromatic carbocycles. The maximum Gasteiger partial charge on any atom is 0.271 e. The molecule has 7 nitrogen and oxygen atoms in total. The Labute approximate surface area is 166 Å². The van der Waals surface area contributed by atoms with Crippen molar-refractivity contribution >= 4 is 27.8 Å². The van der Waals surface area contributed by atoms with Gasteiger partial charge < -0.3 is 4.74 Å². The molecule has 2 aromatic rings. The zero-order valence-corrected chi connectivity index (χ0v) is 17.2. The van der Waals surface area contributed by atoms with Gasteiger partial charge in [0.1, 0.15) is 5.75 Å². The fourth-order valence-corrected chi connectivity index (χ4v) is 2.66. The Bertz CT molecular complexity index is 921. The first-order chi connectivity index (χ1) is 13.2. The van der Waals surface area contributed by atoms with Crippen LogP contribution >= 0.6 is 0 Å². The van der Waals surface area contributed by atoms with Crippen molar-refractivity contribution in [1.29, 1.82) is 0 Å². The highest BCUT2D eigenvalue weighted by Crippen LogP contribution is 2.16. The van der Waals surface area contributed by atoms with Gasteiger partial charge in [0.15, 0.2) is 0 Å². The standard InChI is InChI=1S/C20H25N3O4S/c1-15(2)14-27-19-11-5-16(6-12-19)13-21-22-20(24)17-7-9-18(10-8-17)23(3)28(4,25)26/h5-13,15H,14H2,1-4H3,(H,22,24)/b21-13-. The summed E-state index contributed by atoms with van der Waals surface area (Å²) in [5.74, 6) is 0.855. The summed E-state index contributed by atoms with van der Waals surface area (Å²) < 4.78 is 29.8. The molecule has 0 aromatic heterocycles. The average molecular weight is 404 g/mol. The molecule has 150 valence electrons. The number of nitrogens with one attached hydrogen (secondary N) is 1. The maximum absolute atomic E-state index is 12.1. The Hall–Kier alpha value is -2.87. The number of hydrogen-bond acceptors (Lipinski definition) is 5. The molecule has 1 N–H and O–H groups in total. The van der Waals surface area contributed by atoms with Crippen LogP contribution in [0.25, 0.3) is 0 Å². The van der Waals surface area contributed by atoms with Crippen LogP contribution < -0.4 is 14.5 Å². The van der Waals surface area contributed by atoms with Gasteiger partial charge in [0, 0.05) is 12.6 Å². The van der Waals surface area contributed by atoms with E-state index in [2.05, 4.69) is 24.4 Å². The summed E-state index contributed by atoms with van der Waals surface area (Å²) in [7, 11) is -1.89. The van der Waals surface area contributed by atoms with Crippen molar-refractivity contribution in [3.05, 3.63) is 59.7 Å². The molecule has 2 rings (SSSR count). The summed E-state index contributed by atoms with van der Waals surface area (Å²) in [4.78, 5) is 12.1. The molecule has 0 spiro atoms. The molecular formula is C20H25N3O4S. The smallest absolute Gasteiger partial charge is 0.271 e. The highest BCUT2D eigenvalue weighted by molar-refractivity contribution is 7.92. The lowest BCUT2D eigenvalue weighted by molar-refractivity contribution is 0.0955. The minimum atomic E-state index is -3.34. The zero-order chi connectivity index (χ0) is 20.7. The van der Waals surface area contributed by atoms with Crippen molar-refractivity contribution in [2.24, 2.45) is 11.0 Å². The van der Waals surface area contributed by atoms with Crippen molar-refractivity contribution in [3.8, 4) is 5.75 Å². The van der Waals surface area contributed by atoms with Gasteiger partial charge in [-0.25, -0.2) is 13.8 Å². The quantitative estimate of drug-likeness (QED) is 0.542. The number of carbonyl (C=O) groups excluding carboxylic acids is 1. The monoisotopic (exact) mass is 403 g/mol. The highest BCUT2D eigenvalue weighted by atomic mass is 32.2. The van der Waals surface area contributed by atoms with E-state index in [0.29, 0.717) is 23.8 Å². The molecule has 0 saturated carbocycles. The van der Waals surface area contributed by atoms with E-state index in [-0.39, 0.29) is 5.91 Å². The maximum atomic E-state index is 12.1. The molecule has 0 aliphatic rings. The van der Waals surface area contributed by atoms with Crippen molar-refractivity contribution in [2.75, 3.05) is 24.2 Å². The molecule has 0 aliphatic carbocycles. The number of hydrogen-bond donors (Lipinski definition) is 1. The summed E-state index contributed by atoms with van der Waals surface area (Å²) in [6.07, 6.45) is 2.65. The fourth-order valence-electron chi connectivity index (χ4n) is 2.16. The Morgan fingerprint density at radius 3 is 2.29 bits per heavy atom. The van der Waals surface area contributed by atoms with E-state index >= 15 is 0 Å². The number of anilines is 1. The SMILES string of the molecule is CC(C)COc1ccc(/C=N\NC(=O)c2ccc(N(C)S(C)(=O)=O)cc2)cc1. The van der Waals surface area contributed by atoms with Gasteiger partial charge in [0.2, 0.25) is 10.0 Å². The van der Waals surface area contributed by atoms with Crippen LogP contribution in [-0.4, -0.2) is 40.4 Å². The third-order valence-electron chi connectivity index (χ3n) is 3.83.